The molecule has 228 valence electrons. The Labute approximate surface area is 255 Å². The predicted octanol–water partition coefficient (Wildman–Crippen LogP) is 6.64. The van der Waals surface area contributed by atoms with Crippen molar-refractivity contribution < 1.29 is 23.4 Å². The Morgan fingerprint density at radius 3 is 1.60 bits per heavy atom. The molecule has 1 saturated heterocycles. The third kappa shape index (κ3) is 6.83. The average Bonchev–Trinajstić information content (AvgIpc) is 2.93. The topological polar surface area (TPSA) is 57.2 Å². The van der Waals surface area contributed by atoms with Crippen molar-refractivity contribution in [1.29, 1.82) is 0 Å². The molecule has 42 heavy (non-hydrogen) atoms. The van der Waals surface area contributed by atoms with Crippen molar-refractivity contribution in [2.24, 2.45) is 0 Å². The molecule has 0 radical (unpaired) electrons. The van der Waals surface area contributed by atoms with Gasteiger partial charge in [-0.25, -0.2) is 0 Å². The fourth-order valence-corrected chi connectivity index (χ4v) is 11.7. The number of aliphatic hydroxyl groups excluding tert-OH is 1. The van der Waals surface area contributed by atoms with E-state index in [4.69, 9.17) is 18.3 Å². The predicted molar refractivity (Wildman–Crippen MR) is 176 cm³/mol. The first kappa shape index (κ1) is 32.8. The minimum Gasteiger partial charge on any atom is -0.408 e. The molecule has 5 nitrogen and oxygen atoms in total. The molecule has 0 spiro atoms. The van der Waals surface area contributed by atoms with Crippen molar-refractivity contribution in [3.63, 3.8) is 0 Å². The van der Waals surface area contributed by atoms with Crippen LogP contribution in [0.5, 0.6) is 0 Å². The lowest BCUT2D eigenvalue weighted by Gasteiger charge is -2.53. The highest BCUT2D eigenvalue weighted by molar-refractivity contribution is 6.99. The summed E-state index contributed by atoms with van der Waals surface area (Å²) in [6.45, 7) is 20.3. The van der Waals surface area contributed by atoms with Crippen LogP contribution in [0.1, 0.15) is 54.0 Å². The van der Waals surface area contributed by atoms with E-state index in [1.165, 1.54) is 10.4 Å². The Kier molecular flexibility index (Phi) is 10.0. The van der Waals surface area contributed by atoms with Crippen molar-refractivity contribution in [3.8, 4) is 0 Å². The fourth-order valence-electron chi connectivity index (χ4n) is 5.64. The quantitative estimate of drug-likeness (QED) is 0.277. The number of hydrogen-bond donors (Lipinski definition) is 1. The Morgan fingerprint density at radius 2 is 1.14 bits per heavy atom. The Bertz CT molecular complexity index is 1220. The van der Waals surface area contributed by atoms with Gasteiger partial charge in [0.25, 0.3) is 8.32 Å². The monoisotopic (exact) mass is 606 g/mol. The zero-order chi connectivity index (χ0) is 30.8. The SMILES string of the molecule is C[C@@H]1O[C@@H](O)[C@H](OCc2ccccc2)[C@H](O[Si](C)(C)C(C)(C)C)[C@H]1O[Si](c1ccccc1)(c1ccccc1)C(C)(C)C. The Morgan fingerprint density at radius 1 is 0.667 bits per heavy atom. The zero-order valence-electron chi connectivity index (χ0n) is 26.8. The number of benzene rings is 3. The molecule has 7 heteroatoms. The first-order chi connectivity index (χ1) is 19.7. The molecule has 1 heterocycles. The van der Waals surface area contributed by atoms with E-state index in [0.29, 0.717) is 6.61 Å². The molecule has 1 aliphatic heterocycles. The highest BCUT2D eigenvalue weighted by atomic mass is 28.4. The maximum absolute atomic E-state index is 11.3. The lowest BCUT2D eigenvalue weighted by molar-refractivity contribution is -0.284. The van der Waals surface area contributed by atoms with Gasteiger partial charge in [-0.15, -0.1) is 0 Å². The maximum atomic E-state index is 11.3. The first-order valence-electron chi connectivity index (χ1n) is 15.1. The van der Waals surface area contributed by atoms with Gasteiger partial charge in [-0.2, -0.15) is 0 Å². The largest absolute Gasteiger partial charge is 0.408 e. The van der Waals surface area contributed by atoms with Gasteiger partial charge in [0.1, 0.15) is 12.2 Å². The first-order valence-corrected chi connectivity index (χ1v) is 19.9. The van der Waals surface area contributed by atoms with Gasteiger partial charge in [0.05, 0.1) is 18.8 Å². The van der Waals surface area contributed by atoms with E-state index in [1.807, 2.05) is 37.3 Å². The van der Waals surface area contributed by atoms with Crippen LogP contribution in [0.15, 0.2) is 91.0 Å². The Hall–Kier alpha value is -2.11. The molecule has 0 bridgehead atoms. The smallest absolute Gasteiger partial charge is 0.261 e. The van der Waals surface area contributed by atoms with Gasteiger partial charge in [-0.1, -0.05) is 133 Å². The summed E-state index contributed by atoms with van der Waals surface area (Å²) < 4.78 is 27.6. The third-order valence-corrected chi connectivity index (χ3v) is 18.5. The molecule has 0 aromatic heterocycles. The van der Waals surface area contributed by atoms with Crippen molar-refractivity contribution in [1.82, 2.24) is 0 Å². The van der Waals surface area contributed by atoms with Crippen molar-refractivity contribution in [2.75, 3.05) is 0 Å². The van der Waals surface area contributed by atoms with Gasteiger partial charge in [-0.05, 0) is 46.0 Å². The van der Waals surface area contributed by atoms with Crippen LogP contribution in [0.4, 0.5) is 0 Å². The minimum atomic E-state index is -2.96. The molecule has 3 aromatic carbocycles. The van der Waals surface area contributed by atoms with Crippen LogP contribution in [0.2, 0.25) is 23.2 Å². The summed E-state index contributed by atoms with van der Waals surface area (Å²) in [7, 11) is -5.30. The summed E-state index contributed by atoms with van der Waals surface area (Å²) in [6, 6.07) is 31.3. The van der Waals surface area contributed by atoms with Crippen LogP contribution in [0, 0.1) is 0 Å². The van der Waals surface area contributed by atoms with Crippen LogP contribution >= 0.6 is 0 Å². The molecular formula is C35H50O5Si2. The summed E-state index contributed by atoms with van der Waals surface area (Å²) in [6.07, 6.45) is -3.30. The van der Waals surface area contributed by atoms with E-state index in [2.05, 4.69) is 115 Å². The van der Waals surface area contributed by atoms with E-state index < -0.39 is 47.3 Å². The van der Waals surface area contributed by atoms with E-state index in [-0.39, 0.29) is 10.1 Å². The summed E-state index contributed by atoms with van der Waals surface area (Å²) in [4.78, 5) is 0. The van der Waals surface area contributed by atoms with Gasteiger partial charge in [-0.3, -0.25) is 0 Å². The highest BCUT2D eigenvalue weighted by Crippen LogP contribution is 2.43. The molecule has 0 amide bonds. The molecule has 4 rings (SSSR count). The summed E-state index contributed by atoms with van der Waals surface area (Å²) in [5.41, 5.74) is 1.03. The molecule has 1 aliphatic rings. The standard InChI is InChI=1S/C35H50O5Si2/c1-26-30(40-42(35(5,6)7,28-21-15-11-16-22-28)29-23-17-12-18-24-29)31(39-41(8,9)34(2,3)4)32(33(36)38-26)37-25-27-19-13-10-14-20-27/h10-24,26,30-33,36H,25H2,1-9H3/t26-,30-,31+,32+,33+/m0/s1. The van der Waals surface area contributed by atoms with Crippen LogP contribution in [-0.2, 0) is 24.9 Å². The molecule has 1 N–H and O–H groups in total. The lowest BCUT2D eigenvalue weighted by Crippen LogP contribution is -2.72. The van der Waals surface area contributed by atoms with E-state index in [1.54, 1.807) is 0 Å². The van der Waals surface area contributed by atoms with Gasteiger partial charge in [0.2, 0.25) is 0 Å². The molecule has 0 aliphatic carbocycles. The molecule has 3 aromatic rings. The van der Waals surface area contributed by atoms with Crippen LogP contribution in [-0.4, -0.2) is 52.4 Å². The minimum absolute atomic E-state index is 0.0502. The summed E-state index contributed by atoms with van der Waals surface area (Å²) >= 11 is 0. The number of ether oxygens (including phenoxy) is 2. The second kappa shape index (κ2) is 12.9. The lowest BCUT2D eigenvalue weighted by atomic mass is 10.00. The number of hydrogen-bond acceptors (Lipinski definition) is 5. The Balaban J connectivity index is 1.85. The zero-order valence-corrected chi connectivity index (χ0v) is 28.8. The normalized spacial score (nSPS) is 24.0. The van der Waals surface area contributed by atoms with E-state index in [9.17, 15) is 5.11 Å². The summed E-state index contributed by atoms with van der Waals surface area (Å²) in [5, 5.41) is 13.4. The van der Waals surface area contributed by atoms with Gasteiger partial charge < -0.3 is 23.4 Å². The van der Waals surface area contributed by atoms with E-state index >= 15 is 0 Å². The second-order valence-electron chi connectivity index (χ2n) is 14.1. The molecule has 0 unspecified atom stereocenters. The fraction of sp³-hybridized carbons (Fsp3) is 0.486. The van der Waals surface area contributed by atoms with Crippen molar-refractivity contribution in [2.45, 2.75) is 109 Å². The van der Waals surface area contributed by atoms with Crippen LogP contribution in [0.3, 0.4) is 0 Å². The molecule has 0 saturated carbocycles. The van der Waals surface area contributed by atoms with E-state index in [0.717, 1.165) is 5.56 Å². The molecule has 1 fully saturated rings. The highest BCUT2D eigenvalue weighted by Gasteiger charge is 2.57. The van der Waals surface area contributed by atoms with Crippen LogP contribution in [0.25, 0.3) is 0 Å². The van der Waals surface area contributed by atoms with Gasteiger partial charge >= 0.3 is 0 Å². The van der Waals surface area contributed by atoms with Crippen molar-refractivity contribution >= 4 is 27.0 Å². The van der Waals surface area contributed by atoms with Gasteiger partial charge in [0.15, 0.2) is 14.6 Å². The number of aliphatic hydroxyl groups is 1. The number of rotatable bonds is 9. The maximum Gasteiger partial charge on any atom is 0.261 e. The third-order valence-electron chi connectivity index (χ3n) is 9.00. The van der Waals surface area contributed by atoms with Crippen LogP contribution < -0.4 is 10.4 Å². The van der Waals surface area contributed by atoms with Crippen molar-refractivity contribution in [3.05, 3.63) is 96.6 Å². The molecule has 5 atom stereocenters. The molecular weight excluding hydrogens is 557 g/mol. The summed E-state index contributed by atoms with van der Waals surface area (Å²) in [5.74, 6) is 0. The second-order valence-corrected chi connectivity index (χ2v) is 23.1. The van der Waals surface area contributed by atoms with Gasteiger partial charge in [0, 0.05) is 0 Å². The average molecular weight is 607 g/mol.